The number of amides is 1. The molecule has 0 radical (unpaired) electrons. The van der Waals surface area contributed by atoms with Gasteiger partial charge in [-0.15, -0.1) is 0 Å². The molecule has 0 atom stereocenters. The molecule has 18 heavy (non-hydrogen) atoms. The van der Waals surface area contributed by atoms with E-state index in [0.29, 0.717) is 39.5 Å². The summed E-state index contributed by atoms with van der Waals surface area (Å²) >= 11 is 0. The van der Waals surface area contributed by atoms with Crippen molar-refractivity contribution in [1.82, 2.24) is 5.32 Å². The van der Waals surface area contributed by atoms with E-state index in [9.17, 15) is 4.79 Å². The van der Waals surface area contributed by atoms with E-state index in [1.807, 2.05) is 20.8 Å². The quantitative estimate of drug-likeness (QED) is 0.293. The van der Waals surface area contributed by atoms with Gasteiger partial charge >= 0.3 is 0 Å². The van der Waals surface area contributed by atoms with E-state index in [-0.39, 0.29) is 11.3 Å². The van der Waals surface area contributed by atoms with E-state index in [1.54, 1.807) is 0 Å². The van der Waals surface area contributed by atoms with E-state index in [0.717, 1.165) is 0 Å². The summed E-state index contributed by atoms with van der Waals surface area (Å²) in [5.41, 5.74) is 7.64. The van der Waals surface area contributed by atoms with Crippen LogP contribution in [0.3, 0.4) is 0 Å². The maximum absolute atomic E-state index is 11.5. The number of hydrogen-bond acceptors (Lipinski definition) is 4. The molecule has 0 saturated heterocycles. The maximum Gasteiger partial charge on any atom is 0.225 e. The Balaban J connectivity index is 3.26. The molecule has 0 aromatic rings. The van der Waals surface area contributed by atoms with Gasteiger partial charge in [0.2, 0.25) is 5.91 Å². The van der Waals surface area contributed by atoms with Crippen LogP contribution < -0.4 is 5.32 Å². The van der Waals surface area contributed by atoms with E-state index in [2.05, 4.69) is 15.3 Å². The average molecular weight is 258 g/mol. The summed E-state index contributed by atoms with van der Waals surface area (Å²) in [5, 5.41) is 6.11. The van der Waals surface area contributed by atoms with Gasteiger partial charge in [-0.25, -0.2) is 0 Å². The first-order valence-corrected chi connectivity index (χ1v) is 5.93. The minimum Gasteiger partial charge on any atom is -0.379 e. The Morgan fingerprint density at radius 3 is 2.39 bits per heavy atom. The van der Waals surface area contributed by atoms with Gasteiger partial charge in [0.05, 0.1) is 26.4 Å². The molecular formula is C11H22N4O3. The van der Waals surface area contributed by atoms with Gasteiger partial charge in [0, 0.05) is 23.4 Å². The fourth-order valence-corrected chi connectivity index (χ4v) is 0.974. The number of nitrogens with one attached hydrogen (secondary N) is 1. The summed E-state index contributed by atoms with van der Waals surface area (Å²) < 4.78 is 10.4. The number of azide groups is 1. The molecule has 0 aliphatic rings. The highest BCUT2D eigenvalue weighted by Crippen LogP contribution is 2.11. The zero-order valence-electron chi connectivity index (χ0n) is 11.3. The Kier molecular flexibility index (Phi) is 9.00. The summed E-state index contributed by atoms with van der Waals surface area (Å²) in [5.74, 6) is 0.0108. The van der Waals surface area contributed by atoms with Crippen molar-refractivity contribution in [1.29, 1.82) is 0 Å². The largest absolute Gasteiger partial charge is 0.379 e. The molecule has 0 aliphatic heterocycles. The van der Waals surface area contributed by atoms with Gasteiger partial charge in [0.15, 0.2) is 0 Å². The second kappa shape index (κ2) is 9.70. The van der Waals surface area contributed by atoms with Crippen LogP contribution in [0, 0.1) is 5.41 Å². The Morgan fingerprint density at radius 2 is 1.83 bits per heavy atom. The van der Waals surface area contributed by atoms with Crippen LogP contribution in [-0.4, -0.2) is 45.4 Å². The molecule has 0 unspecified atom stereocenters. The molecule has 0 aromatic carbocycles. The van der Waals surface area contributed by atoms with Crippen LogP contribution >= 0.6 is 0 Å². The topological polar surface area (TPSA) is 96.3 Å². The molecule has 7 nitrogen and oxygen atoms in total. The van der Waals surface area contributed by atoms with Crippen molar-refractivity contribution in [3.05, 3.63) is 10.4 Å². The lowest BCUT2D eigenvalue weighted by Gasteiger charge is -2.17. The van der Waals surface area contributed by atoms with E-state index in [4.69, 9.17) is 15.0 Å². The van der Waals surface area contributed by atoms with Crippen LogP contribution in [0.1, 0.15) is 20.8 Å². The van der Waals surface area contributed by atoms with Crippen LogP contribution in [-0.2, 0) is 14.3 Å². The van der Waals surface area contributed by atoms with Crippen molar-refractivity contribution in [2.75, 3.05) is 39.5 Å². The van der Waals surface area contributed by atoms with Crippen molar-refractivity contribution in [3.8, 4) is 0 Å². The smallest absolute Gasteiger partial charge is 0.225 e. The van der Waals surface area contributed by atoms with Gasteiger partial charge in [-0.3, -0.25) is 4.79 Å². The minimum atomic E-state index is -0.371. The van der Waals surface area contributed by atoms with Gasteiger partial charge in [-0.1, -0.05) is 25.9 Å². The first-order valence-electron chi connectivity index (χ1n) is 5.93. The molecule has 0 rings (SSSR count). The monoisotopic (exact) mass is 258 g/mol. The number of nitrogens with zero attached hydrogens (tertiary/aromatic N) is 3. The molecule has 0 aromatic heterocycles. The maximum atomic E-state index is 11.5. The van der Waals surface area contributed by atoms with Crippen LogP contribution in [0.4, 0.5) is 0 Å². The summed E-state index contributed by atoms with van der Waals surface area (Å²) in [6, 6.07) is 0. The highest BCUT2D eigenvalue weighted by atomic mass is 16.5. The van der Waals surface area contributed by atoms with Gasteiger partial charge in [0.1, 0.15) is 0 Å². The summed E-state index contributed by atoms with van der Waals surface area (Å²) in [6.45, 7) is 8.18. The number of hydrogen-bond donors (Lipinski definition) is 1. The summed E-state index contributed by atoms with van der Waals surface area (Å²) in [4.78, 5) is 14.1. The lowest BCUT2D eigenvalue weighted by molar-refractivity contribution is -0.128. The Morgan fingerprint density at radius 1 is 1.22 bits per heavy atom. The predicted molar refractivity (Wildman–Crippen MR) is 68.1 cm³/mol. The lowest BCUT2D eigenvalue weighted by atomic mass is 9.96. The van der Waals surface area contributed by atoms with E-state index < -0.39 is 0 Å². The number of carbonyl (C=O) groups excluding carboxylic acids is 1. The number of ether oxygens (including phenoxy) is 2. The van der Waals surface area contributed by atoms with Gasteiger partial charge < -0.3 is 14.8 Å². The molecule has 1 amide bonds. The van der Waals surface area contributed by atoms with Crippen molar-refractivity contribution in [2.45, 2.75) is 20.8 Å². The SMILES string of the molecule is CC(C)(C)C(=O)NCCOCCOCCN=[N+]=[N-]. The fraction of sp³-hybridized carbons (Fsp3) is 0.909. The lowest BCUT2D eigenvalue weighted by Crippen LogP contribution is -2.36. The molecule has 0 saturated carbocycles. The first-order chi connectivity index (χ1) is 8.48. The van der Waals surface area contributed by atoms with E-state index >= 15 is 0 Å². The van der Waals surface area contributed by atoms with Crippen LogP contribution in [0.5, 0.6) is 0 Å². The molecule has 104 valence electrons. The molecular weight excluding hydrogens is 236 g/mol. The third-order valence-corrected chi connectivity index (χ3v) is 1.98. The second-order valence-corrected chi connectivity index (χ2v) is 4.69. The van der Waals surface area contributed by atoms with Crippen LogP contribution in [0.25, 0.3) is 10.4 Å². The van der Waals surface area contributed by atoms with Crippen LogP contribution in [0.2, 0.25) is 0 Å². The number of rotatable bonds is 9. The summed E-state index contributed by atoms with van der Waals surface area (Å²) in [6.07, 6.45) is 0. The fourth-order valence-electron chi connectivity index (χ4n) is 0.974. The molecule has 0 bridgehead atoms. The molecule has 0 aliphatic carbocycles. The van der Waals surface area contributed by atoms with Crippen molar-refractivity contribution >= 4 is 5.91 Å². The Bertz CT molecular complexity index is 283. The normalized spacial score (nSPS) is 10.8. The molecule has 0 spiro atoms. The third kappa shape index (κ3) is 9.89. The van der Waals surface area contributed by atoms with Crippen molar-refractivity contribution in [2.24, 2.45) is 10.5 Å². The second-order valence-electron chi connectivity index (χ2n) is 4.69. The minimum absolute atomic E-state index is 0.0108. The summed E-state index contributed by atoms with van der Waals surface area (Å²) in [7, 11) is 0. The van der Waals surface area contributed by atoms with Crippen molar-refractivity contribution < 1.29 is 14.3 Å². The molecule has 1 N–H and O–H groups in total. The predicted octanol–water partition coefficient (Wildman–Crippen LogP) is 1.49. The molecule has 7 heteroatoms. The van der Waals surface area contributed by atoms with Gasteiger partial charge in [0.25, 0.3) is 0 Å². The third-order valence-electron chi connectivity index (χ3n) is 1.98. The zero-order chi connectivity index (χ0) is 13.9. The molecule has 0 fully saturated rings. The van der Waals surface area contributed by atoms with Crippen molar-refractivity contribution in [3.63, 3.8) is 0 Å². The Labute approximate surface area is 107 Å². The highest BCUT2D eigenvalue weighted by molar-refractivity contribution is 5.81. The Hall–Kier alpha value is -1.30. The standard InChI is InChI=1S/C11H22N4O3/c1-11(2,3)10(16)13-4-6-17-8-9-18-7-5-14-15-12/h4-9H2,1-3H3,(H,13,16). The van der Waals surface area contributed by atoms with Gasteiger partial charge in [-0.05, 0) is 5.53 Å². The highest BCUT2D eigenvalue weighted by Gasteiger charge is 2.20. The molecule has 0 heterocycles. The first kappa shape index (κ1) is 16.7. The van der Waals surface area contributed by atoms with Crippen LogP contribution in [0.15, 0.2) is 5.11 Å². The number of carbonyl (C=O) groups is 1. The van der Waals surface area contributed by atoms with Gasteiger partial charge in [-0.2, -0.15) is 0 Å². The van der Waals surface area contributed by atoms with E-state index in [1.165, 1.54) is 0 Å². The zero-order valence-corrected chi connectivity index (χ0v) is 11.3. The average Bonchev–Trinajstić information content (AvgIpc) is 2.30.